The van der Waals surface area contributed by atoms with Crippen molar-refractivity contribution in [2.75, 3.05) is 6.61 Å². The van der Waals surface area contributed by atoms with E-state index in [1.165, 1.54) is 11.1 Å². The van der Waals surface area contributed by atoms with Gasteiger partial charge in [0.05, 0.1) is 12.1 Å². The quantitative estimate of drug-likeness (QED) is 0.109. The number of fused-ring (bicyclic) bond motifs is 2. The molecule has 5 aromatic carbocycles. The molecule has 0 saturated carbocycles. The van der Waals surface area contributed by atoms with Gasteiger partial charge >= 0.3 is 6.16 Å². The van der Waals surface area contributed by atoms with Crippen molar-refractivity contribution < 1.29 is 19.4 Å². The molecule has 0 fully saturated rings. The summed E-state index contributed by atoms with van der Waals surface area (Å²) in [7, 11) is 0. The third kappa shape index (κ3) is 5.85. The van der Waals surface area contributed by atoms with Crippen LogP contribution in [0.4, 0.5) is 4.79 Å². The predicted octanol–water partition coefficient (Wildman–Crippen LogP) is 9.23. The van der Waals surface area contributed by atoms with Gasteiger partial charge in [0.2, 0.25) is 5.88 Å². The largest absolute Gasteiger partial charge is 0.512 e. The fourth-order valence-corrected chi connectivity index (χ4v) is 5.19. The smallest absolute Gasteiger partial charge is 0.493 e. The van der Waals surface area contributed by atoms with Crippen LogP contribution in [0.3, 0.4) is 0 Å². The highest BCUT2D eigenvalue weighted by molar-refractivity contribution is 5.95. The van der Waals surface area contributed by atoms with Gasteiger partial charge in [-0.05, 0) is 46.5 Å². The Morgan fingerprint density at radius 2 is 1.44 bits per heavy atom. The minimum Gasteiger partial charge on any atom is -0.493 e. The molecule has 0 spiro atoms. The monoisotopic (exact) mass is 539 g/mol. The minimum absolute atomic E-state index is 0.255. The predicted molar refractivity (Wildman–Crippen MR) is 166 cm³/mol. The Hall–Kier alpha value is -5.29. The standard InChI is InChI=1S/C36H29NO4/c38-36(39)41-35-32(16-8-24-40-33-17-7-12-28-11-4-5-14-30(28)33)31-15-6-13-29(34(31)37-35)23-20-25-18-21-27(22-19-25)26-9-2-1-3-10-26/h1-7,9-15,17-23,37H,8,16,24H2,(H,38,39)/b23-20+. The molecule has 5 heteroatoms. The van der Waals surface area contributed by atoms with Crippen molar-refractivity contribution >= 4 is 40.0 Å². The number of aromatic amines is 1. The van der Waals surface area contributed by atoms with Crippen LogP contribution < -0.4 is 9.47 Å². The first-order chi connectivity index (χ1) is 20.2. The summed E-state index contributed by atoms with van der Waals surface area (Å²) in [5.74, 6) is 1.10. The highest BCUT2D eigenvalue weighted by atomic mass is 16.7. The lowest BCUT2D eigenvalue weighted by atomic mass is 10.0. The van der Waals surface area contributed by atoms with E-state index in [1.54, 1.807) is 0 Å². The summed E-state index contributed by atoms with van der Waals surface area (Å²) >= 11 is 0. The van der Waals surface area contributed by atoms with Crippen molar-refractivity contribution in [3.05, 3.63) is 132 Å². The SMILES string of the molecule is O=C(O)Oc1[nH]c2c(/C=C/c3ccc(-c4ccccc4)cc3)cccc2c1CCCOc1cccc2ccccc12. The van der Waals surface area contributed by atoms with Crippen LogP contribution in [0.15, 0.2) is 115 Å². The van der Waals surface area contributed by atoms with Gasteiger partial charge in [0, 0.05) is 16.3 Å². The van der Waals surface area contributed by atoms with Crippen molar-refractivity contribution in [2.45, 2.75) is 12.8 Å². The fourth-order valence-electron chi connectivity index (χ4n) is 5.19. The molecule has 6 rings (SSSR count). The summed E-state index contributed by atoms with van der Waals surface area (Å²) in [6.07, 6.45) is 4.04. The van der Waals surface area contributed by atoms with Crippen molar-refractivity contribution in [2.24, 2.45) is 0 Å². The second-order valence-corrected chi connectivity index (χ2v) is 9.82. The van der Waals surface area contributed by atoms with Gasteiger partial charge in [-0.25, -0.2) is 4.79 Å². The molecule has 0 atom stereocenters. The first kappa shape index (κ1) is 26.0. The molecule has 0 aliphatic heterocycles. The molecule has 0 aliphatic rings. The van der Waals surface area contributed by atoms with Gasteiger partial charge in [0.1, 0.15) is 5.75 Å². The van der Waals surface area contributed by atoms with Crippen LogP contribution in [-0.4, -0.2) is 22.9 Å². The number of carboxylic acid groups (broad SMARTS) is 1. The number of nitrogens with one attached hydrogen (secondary N) is 1. The molecule has 0 bridgehead atoms. The maximum absolute atomic E-state index is 11.5. The maximum Gasteiger partial charge on any atom is 0.512 e. The first-order valence-corrected chi connectivity index (χ1v) is 13.6. The van der Waals surface area contributed by atoms with Crippen molar-refractivity contribution in [3.8, 4) is 22.8 Å². The number of H-pyrrole nitrogens is 1. The number of benzene rings is 5. The normalized spacial score (nSPS) is 11.3. The maximum atomic E-state index is 11.5. The number of ether oxygens (including phenoxy) is 2. The van der Waals surface area contributed by atoms with Crippen LogP contribution in [0, 0.1) is 0 Å². The number of hydrogen-bond acceptors (Lipinski definition) is 3. The number of aryl methyl sites for hydroxylation is 1. The lowest BCUT2D eigenvalue weighted by Crippen LogP contribution is -2.06. The lowest BCUT2D eigenvalue weighted by molar-refractivity contribution is 0.142. The third-order valence-corrected chi connectivity index (χ3v) is 7.18. The van der Waals surface area contributed by atoms with Crippen molar-refractivity contribution in [1.82, 2.24) is 4.98 Å². The summed E-state index contributed by atoms with van der Waals surface area (Å²) in [4.78, 5) is 14.7. The molecule has 2 N–H and O–H groups in total. The molecule has 0 amide bonds. The van der Waals surface area contributed by atoms with Gasteiger partial charge in [-0.3, -0.25) is 0 Å². The third-order valence-electron chi connectivity index (χ3n) is 7.18. The molecule has 1 aromatic heterocycles. The van der Waals surface area contributed by atoms with E-state index in [9.17, 15) is 9.90 Å². The van der Waals surface area contributed by atoms with Gasteiger partial charge < -0.3 is 19.6 Å². The zero-order valence-electron chi connectivity index (χ0n) is 22.4. The molecule has 5 nitrogen and oxygen atoms in total. The fraction of sp³-hybridized carbons (Fsp3) is 0.0833. The Bertz CT molecular complexity index is 1830. The van der Waals surface area contributed by atoms with E-state index in [-0.39, 0.29) is 5.88 Å². The Kier molecular flexibility index (Phi) is 7.50. The zero-order valence-corrected chi connectivity index (χ0v) is 22.4. The number of hydrogen-bond donors (Lipinski definition) is 2. The van der Waals surface area contributed by atoms with Gasteiger partial charge in [-0.1, -0.05) is 121 Å². The van der Waals surface area contributed by atoms with Crippen molar-refractivity contribution in [1.29, 1.82) is 0 Å². The van der Waals surface area contributed by atoms with E-state index in [2.05, 4.69) is 65.7 Å². The Morgan fingerprint density at radius 3 is 2.27 bits per heavy atom. The molecular weight excluding hydrogens is 510 g/mol. The molecular formula is C36H29NO4. The van der Waals surface area contributed by atoms with E-state index in [1.807, 2.05) is 66.7 Å². The van der Waals surface area contributed by atoms with Gasteiger partial charge in [0.15, 0.2) is 0 Å². The van der Waals surface area contributed by atoms with E-state index in [0.29, 0.717) is 19.4 Å². The zero-order chi connectivity index (χ0) is 28.0. The summed E-state index contributed by atoms with van der Waals surface area (Å²) in [6, 6.07) is 38.8. The van der Waals surface area contributed by atoms with Crippen LogP contribution >= 0.6 is 0 Å². The topological polar surface area (TPSA) is 71.5 Å². The second-order valence-electron chi connectivity index (χ2n) is 9.82. The number of rotatable bonds is 9. The van der Waals surface area contributed by atoms with E-state index < -0.39 is 6.16 Å². The van der Waals surface area contributed by atoms with E-state index in [0.717, 1.165) is 44.1 Å². The number of aromatic nitrogens is 1. The van der Waals surface area contributed by atoms with Gasteiger partial charge in [-0.15, -0.1) is 0 Å². The molecule has 1 heterocycles. The highest BCUT2D eigenvalue weighted by Gasteiger charge is 2.17. The highest BCUT2D eigenvalue weighted by Crippen LogP contribution is 2.33. The lowest BCUT2D eigenvalue weighted by Gasteiger charge is -2.09. The van der Waals surface area contributed by atoms with Crippen LogP contribution in [0.1, 0.15) is 23.1 Å². The average Bonchev–Trinajstić information content (AvgIpc) is 3.35. The van der Waals surface area contributed by atoms with Gasteiger partial charge in [0.25, 0.3) is 0 Å². The summed E-state index contributed by atoms with van der Waals surface area (Å²) in [5, 5.41) is 12.5. The summed E-state index contributed by atoms with van der Waals surface area (Å²) < 4.78 is 11.3. The van der Waals surface area contributed by atoms with Crippen LogP contribution in [0.2, 0.25) is 0 Å². The van der Waals surface area contributed by atoms with Crippen LogP contribution in [-0.2, 0) is 6.42 Å². The number of carbonyl (C=O) groups is 1. The average molecular weight is 540 g/mol. The molecule has 202 valence electrons. The van der Waals surface area contributed by atoms with E-state index in [4.69, 9.17) is 9.47 Å². The Labute approximate surface area is 238 Å². The molecule has 41 heavy (non-hydrogen) atoms. The van der Waals surface area contributed by atoms with Gasteiger partial charge in [-0.2, -0.15) is 0 Å². The molecule has 0 radical (unpaired) electrons. The summed E-state index contributed by atoms with van der Waals surface area (Å²) in [5.41, 5.74) is 6.03. The molecule has 0 saturated heterocycles. The van der Waals surface area contributed by atoms with Crippen molar-refractivity contribution in [3.63, 3.8) is 0 Å². The summed E-state index contributed by atoms with van der Waals surface area (Å²) in [6.45, 7) is 0.492. The molecule has 0 unspecified atom stereocenters. The number of para-hydroxylation sites is 1. The van der Waals surface area contributed by atoms with E-state index >= 15 is 0 Å². The molecule has 0 aliphatic carbocycles. The Morgan fingerprint density at radius 1 is 0.732 bits per heavy atom. The Balaban J connectivity index is 1.21. The van der Waals surface area contributed by atoms with Crippen LogP contribution in [0.5, 0.6) is 11.6 Å². The molecule has 6 aromatic rings. The van der Waals surface area contributed by atoms with Crippen LogP contribution in [0.25, 0.3) is 45.0 Å². The second kappa shape index (κ2) is 11.8. The minimum atomic E-state index is -1.35. The first-order valence-electron chi connectivity index (χ1n) is 13.6.